The van der Waals surface area contributed by atoms with Gasteiger partial charge in [-0.05, 0) is 61.5 Å². The monoisotopic (exact) mass is 376 g/mol. The SMILES string of the molecule is CC(C)(c1cc(Br)c(C#N)s1)c1nnc(C2CC2)n1C1CC1. The Kier molecular flexibility index (Phi) is 3.21. The predicted molar refractivity (Wildman–Crippen MR) is 89.1 cm³/mol. The highest BCUT2D eigenvalue weighted by Crippen LogP contribution is 2.48. The molecule has 2 aliphatic rings. The maximum absolute atomic E-state index is 9.20. The van der Waals surface area contributed by atoms with Gasteiger partial charge in [-0.3, -0.25) is 0 Å². The van der Waals surface area contributed by atoms with E-state index < -0.39 is 0 Å². The van der Waals surface area contributed by atoms with Crippen LogP contribution in [-0.2, 0) is 5.41 Å². The van der Waals surface area contributed by atoms with Crippen LogP contribution in [0.3, 0.4) is 0 Å². The van der Waals surface area contributed by atoms with Crippen molar-refractivity contribution in [1.29, 1.82) is 5.26 Å². The van der Waals surface area contributed by atoms with Crippen molar-refractivity contribution < 1.29 is 0 Å². The largest absolute Gasteiger partial charge is 0.311 e. The third-order valence-electron chi connectivity index (χ3n) is 4.54. The molecule has 0 atom stereocenters. The van der Waals surface area contributed by atoms with Crippen LogP contribution in [-0.4, -0.2) is 14.8 Å². The zero-order valence-corrected chi connectivity index (χ0v) is 15.0. The summed E-state index contributed by atoms with van der Waals surface area (Å²) in [5.74, 6) is 2.85. The van der Waals surface area contributed by atoms with Crippen molar-refractivity contribution in [3.05, 3.63) is 31.9 Å². The number of aromatic nitrogens is 3. The molecule has 2 saturated carbocycles. The lowest BCUT2D eigenvalue weighted by Gasteiger charge is -2.23. The van der Waals surface area contributed by atoms with Crippen molar-refractivity contribution in [3.8, 4) is 6.07 Å². The molecule has 0 unspecified atom stereocenters. The third-order valence-corrected chi connectivity index (χ3v) is 6.79. The fourth-order valence-electron chi connectivity index (χ4n) is 2.91. The highest BCUT2D eigenvalue weighted by Gasteiger charge is 2.41. The lowest BCUT2D eigenvalue weighted by Crippen LogP contribution is -2.23. The quantitative estimate of drug-likeness (QED) is 0.788. The second-order valence-corrected chi connectivity index (χ2v) is 8.69. The summed E-state index contributed by atoms with van der Waals surface area (Å²) < 4.78 is 3.28. The predicted octanol–water partition coefficient (Wildman–Crippen LogP) is 4.51. The molecule has 0 radical (unpaired) electrons. The van der Waals surface area contributed by atoms with Gasteiger partial charge in [0.15, 0.2) is 0 Å². The summed E-state index contributed by atoms with van der Waals surface area (Å²) in [5.41, 5.74) is -0.231. The van der Waals surface area contributed by atoms with E-state index in [1.165, 1.54) is 31.5 Å². The summed E-state index contributed by atoms with van der Waals surface area (Å²) in [7, 11) is 0. The number of halogens is 1. The number of hydrogen-bond acceptors (Lipinski definition) is 4. The molecular formula is C16H17BrN4S. The minimum Gasteiger partial charge on any atom is -0.311 e. The molecule has 114 valence electrons. The van der Waals surface area contributed by atoms with Crippen molar-refractivity contribution in [1.82, 2.24) is 14.8 Å². The minimum atomic E-state index is -0.231. The van der Waals surface area contributed by atoms with Crippen LogP contribution in [0.1, 0.15) is 72.9 Å². The smallest absolute Gasteiger partial charge is 0.144 e. The van der Waals surface area contributed by atoms with Gasteiger partial charge in [-0.15, -0.1) is 21.5 Å². The average molecular weight is 377 g/mol. The van der Waals surface area contributed by atoms with Gasteiger partial charge in [-0.25, -0.2) is 0 Å². The van der Waals surface area contributed by atoms with E-state index in [0.29, 0.717) is 12.0 Å². The zero-order valence-electron chi connectivity index (χ0n) is 12.6. The van der Waals surface area contributed by atoms with E-state index in [4.69, 9.17) is 0 Å². The summed E-state index contributed by atoms with van der Waals surface area (Å²) in [6.07, 6.45) is 4.96. The van der Waals surface area contributed by atoms with Crippen molar-refractivity contribution in [3.63, 3.8) is 0 Å². The van der Waals surface area contributed by atoms with E-state index in [1.54, 1.807) is 11.3 Å². The molecule has 2 aliphatic carbocycles. The van der Waals surface area contributed by atoms with E-state index in [-0.39, 0.29) is 5.41 Å². The van der Waals surface area contributed by atoms with E-state index >= 15 is 0 Å². The number of rotatable bonds is 4. The number of nitriles is 1. The summed E-state index contributed by atoms with van der Waals surface area (Å²) in [6.45, 7) is 4.37. The second kappa shape index (κ2) is 4.90. The van der Waals surface area contributed by atoms with Gasteiger partial charge < -0.3 is 4.57 Å². The minimum absolute atomic E-state index is 0.231. The zero-order chi connectivity index (χ0) is 15.5. The van der Waals surface area contributed by atoms with Crippen LogP contribution >= 0.6 is 27.3 Å². The fraction of sp³-hybridized carbons (Fsp3) is 0.562. The number of thiophene rings is 1. The first-order chi connectivity index (χ1) is 10.5. The summed E-state index contributed by atoms with van der Waals surface area (Å²) in [4.78, 5) is 1.88. The Hall–Kier alpha value is -1.19. The van der Waals surface area contributed by atoms with E-state index in [9.17, 15) is 5.26 Å². The summed E-state index contributed by atoms with van der Waals surface area (Å²) in [5, 5.41) is 18.3. The van der Waals surface area contributed by atoms with Gasteiger partial charge in [0.25, 0.3) is 0 Å². The van der Waals surface area contributed by atoms with Crippen molar-refractivity contribution in [2.45, 2.75) is 56.9 Å². The topological polar surface area (TPSA) is 54.5 Å². The molecule has 2 fully saturated rings. The lowest BCUT2D eigenvalue weighted by atomic mass is 9.90. The Morgan fingerprint density at radius 2 is 2.05 bits per heavy atom. The molecule has 0 spiro atoms. The highest BCUT2D eigenvalue weighted by molar-refractivity contribution is 9.10. The van der Waals surface area contributed by atoms with E-state index in [2.05, 4.69) is 56.7 Å². The van der Waals surface area contributed by atoms with Gasteiger partial charge in [0.05, 0.1) is 5.41 Å². The Morgan fingerprint density at radius 3 is 2.59 bits per heavy atom. The molecule has 6 heteroatoms. The Morgan fingerprint density at radius 1 is 1.32 bits per heavy atom. The summed E-state index contributed by atoms with van der Waals surface area (Å²) >= 11 is 5.03. The van der Waals surface area contributed by atoms with Crippen LogP contribution in [0.25, 0.3) is 0 Å². The van der Waals surface area contributed by atoms with Crippen molar-refractivity contribution >= 4 is 27.3 Å². The first-order valence-electron chi connectivity index (χ1n) is 7.67. The van der Waals surface area contributed by atoms with Crippen molar-refractivity contribution in [2.24, 2.45) is 0 Å². The third kappa shape index (κ3) is 2.22. The molecule has 0 bridgehead atoms. The van der Waals surface area contributed by atoms with E-state index in [1.807, 2.05) is 0 Å². The molecule has 4 nitrogen and oxygen atoms in total. The van der Waals surface area contributed by atoms with Crippen LogP contribution in [0.2, 0.25) is 0 Å². The molecule has 0 amide bonds. The first kappa shape index (κ1) is 14.4. The van der Waals surface area contributed by atoms with Crippen LogP contribution in [0, 0.1) is 11.3 Å². The van der Waals surface area contributed by atoms with Gasteiger partial charge in [0.1, 0.15) is 22.6 Å². The molecule has 2 aromatic rings. The molecule has 2 aromatic heterocycles. The Labute approximate surface area is 142 Å². The highest BCUT2D eigenvalue weighted by atomic mass is 79.9. The van der Waals surface area contributed by atoms with Gasteiger partial charge in [-0.1, -0.05) is 0 Å². The van der Waals surface area contributed by atoms with Crippen LogP contribution in [0.15, 0.2) is 10.5 Å². The average Bonchev–Trinajstić information content (AvgIpc) is 3.42. The molecule has 0 aliphatic heterocycles. The molecule has 0 N–H and O–H groups in total. The number of hydrogen-bond donors (Lipinski definition) is 0. The summed E-state index contributed by atoms with van der Waals surface area (Å²) in [6, 6.07) is 4.89. The normalized spacial score (nSPS) is 18.5. The Bertz CT molecular complexity index is 775. The molecule has 22 heavy (non-hydrogen) atoms. The van der Waals surface area contributed by atoms with Gasteiger partial charge in [0, 0.05) is 21.3 Å². The first-order valence-corrected chi connectivity index (χ1v) is 9.28. The number of nitrogens with zero attached hydrogens (tertiary/aromatic N) is 4. The lowest BCUT2D eigenvalue weighted by molar-refractivity contribution is 0.533. The maximum atomic E-state index is 9.20. The van der Waals surface area contributed by atoms with E-state index in [0.717, 1.165) is 20.1 Å². The van der Waals surface area contributed by atoms with Gasteiger partial charge >= 0.3 is 0 Å². The maximum Gasteiger partial charge on any atom is 0.144 e. The van der Waals surface area contributed by atoms with Crippen LogP contribution < -0.4 is 0 Å². The van der Waals surface area contributed by atoms with Gasteiger partial charge in [-0.2, -0.15) is 5.26 Å². The second-order valence-electron chi connectivity index (χ2n) is 6.78. The standard InChI is InChI=1S/C16H17BrN4S/c1-16(2,13-7-11(17)12(8-18)22-13)15-20-19-14(9-3-4-9)21(15)10-5-6-10/h7,9-10H,3-6H2,1-2H3. The van der Waals surface area contributed by atoms with Gasteiger partial charge in [0.2, 0.25) is 0 Å². The molecular weight excluding hydrogens is 360 g/mol. The molecule has 0 saturated heterocycles. The van der Waals surface area contributed by atoms with Crippen molar-refractivity contribution in [2.75, 3.05) is 0 Å². The fourth-order valence-corrected chi connectivity index (χ4v) is 4.56. The van der Waals surface area contributed by atoms with Crippen LogP contribution in [0.5, 0.6) is 0 Å². The molecule has 2 heterocycles. The Balaban J connectivity index is 1.81. The molecule has 4 rings (SSSR count). The molecule has 0 aromatic carbocycles. The van der Waals surface area contributed by atoms with Crippen LogP contribution in [0.4, 0.5) is 0 Å².